The van der Waals surface area contributed by atoms with E-state index >= 15 is 0 Å². The van der Waals surface area contributed by atoms with Crippen molar-refractivity contribution in [3.05, 3.63) is 49.0 Å². The fourth-order valence-electron chi connectivity index (χ4n) is 4.23. The molecule has 160 valence electrons. The maximum absolute atomic E-state index is 13.3. The van der Waals surface area contributed by atoms with E-state index in [1.165, 1.54) is 6.42 Å². The molecule has 0 saturated carbocycles. The molecule has 1 unspecified atom stereocenters. The number of thiophene rings is 1. The van der Waals surface area contributed by atoms with Gasteiger partial charge in [-0.2, -0.15) is 10.5 Å². The van der Waals surface area contributed by atoms with Crippen molar-refractivity contribution in [2.24, 2.45) is 11.0 Å². The summed E-state index contributed by atoms with van der Waals surface area (Å²) in [6.45, 7) is 3.94. The standard InChI is InChI=1S/C21H23BrCl2N4OS/c1-13-19(21(29)26-28(2)8-4-3-5-9-28)25-27(17-7-6-15(23)11-16(17)24)20(13)18-10-14(22)12-30-18/h6-7,10-13,20H,3-5,8-9H2,1-2H3/p+1/t13?,20-/m0/s1. The number of halogens is 3. The minimum Gasteiger partial charge on any atom is -0.263 e. The van der Waals surface area contributed by atoms with E-state index in [0.717, 1.165) is 41.0 Å². The number of nitrogens with one attached hydrogen (secondary N) is 1. The van der Waals surface area contributed by atoms with Crippen LogP contribution in [-0.4, -0.2) is 36.3 Å². The number of piperidine rings is 1. The minimum absolute atomic E-state index is 0.0984. The van der Waals surface area contributed by atoms with Gasteiger partial charge in [-0.1, -0.05) is 30.1 Å². The Kier molecular flexibility index (Phi) is 6.47. The third-order valence-electron chi connectivity index (χ3n) is 5.83. The third-order valence-corrected chi connectivity index (χ3v) is 8.13. The van der Waals surface area contributed by atoms with Gasteiger partial charge in [-0.15, -0.1) is 11.3 Å². The zero-order valence-electron chi connectivity index (χ0n) is 16.9. The summed E-state index contributed by atoms with van der Waals surface area (Å²) in [5.41, 5.74) is 4.49. The topological polar surface area (TPSA) is 44.7 Å². The number of benzene rings is 1. The van der Waals surface area contributed by atoms with E-state index in [1.54, 1.807) is 23.5 Å². The summed E-state index contributed by atoms with van der Waals surface area (Å²) < 4.78 is 1.57. The summed E-state index contributed by atoms with van der Waals surface area (Å²) in [6.07, 6.45) is 3.47. The fourth-order valence-corrected chi connectivity index (χ4v) is 6.36. The summed E-state index contributed by atoms with van der Waals surface area (Å²) in [5, 5.41) is 9.77. The average molecular weight is 531 g/mol. The first-order valence-corrected chi connectivity index (χ1v) is 12.4. The van der Waals surface area contributed by atoms with Crippen LogP contribution in [0.5, 0.6) is 0 Å². The maximum atomic E-state index is 13.3. The van der Waals surface area contributed by atoms with Gasteiger partial charge >= 0.3 is 5.91 Å². The average Bonchev–Trinajstić information content (AvgIpc) is 3.25. The molecule has 1 amide bonds. The van der Waals surface area contributed by atoms with Crippen LogP contribution in [0.25, 0.3) is 0 Å². The van der Waals surface area contributed by atoms with Crippen LogP contribution < -0.4 is 10.4 Å². The van der Waals surface area contributed by atoms with Crippen LogP contribution in [0.2, 0.25) is 10.0 Å². The fraction of sp³-hybridized carbons (Fsp3) is 0.429. The molecule has 1 aromatic heterocycles. The second-order valence-corrected chi connectivity index (χ2v) is 10.9. The predicted molar refractivity (Wildman–Crippen MR) is 128 cm³/mol. The Morgan fingerprint density at radius 2 is 2.00 bits per heavy atom. The van der Waals surface area contributed by atoms with Crippen LogP contribution in [0.4, 0.5) is 5.69 Å². The molecule has 4 rings (SSSR count). The molecule has 2 atom stereocenters. The predicted octanol–water partition coefficient (Wildman–Crippen LogP) is 6.03. The second-order valence-electron chi connectivity index (χ2n) is 8.17. The number of anilines is 1. The van der Waals surface area contributed by atoms with Gasteiger partial charge in [0.2, 0.25) is 0 Å². The number of hydrogen-bond donors (Lipinski definition) is 1. The first-order valence-electron chi connectivity index (χ1n) is 10.0. The van der Waals surface area contributed by atoms with Crippen molar-refractivity contribution in [3.63, 3.8) is 0 Å². The molecule has 0 radical (unpaired) electrons. The molecule has 1 saturated heterocycles. The summed E-state index contributed by atoms with van der Waals surface area (Å²) in [7, 11) is 2.08. The number of nitrogens with zero attached hydrogens (tertiary/aromatic N) is 3. The molecule has 2 aromatic rings. The number of rotatable bonds is 4. The molecule has 0 spiro atoms. The molecule has 1 aromatic carbocycles. The molecule has 1 fully saturated rings. The van der Waals surface area contributed by atoms with E-state index in [4.69, 9.17) is 28.3 Å². The molecule has 1 N–H and O–H groups in total. The van der Waals surface area contributed by atoms with Crippen molar-refractivity contribution in [2.75, 3.05) is 25.1 Å². The molecule has 2 aliphatic heterocycles. The monoisotopic (exact) mass is 529 g/mol. The molecule has 9 heteroatoms. The highest BCUT2D eigenvalue weighted by Gasteiger charge is 2.42. The van der Waals surface area contributed by atoms with Gasteiger partial charge < -0.3 is 0 Å². The summed E-state index contributed by atoms with van der Waals surface area (Å²) >= 11 is 17.8. The normalized spacial score (nSPS) is 23.4. The van der Waals surface area contributed by atoms with Gasteiger partial charge in [-0.05, 0) is 59.5 Å². The van der Waals surface area contributed by atoms with Crippen LogP contribution >= 0.6 is 50.5 Å². The highest BCUT2D eigenvalue weighted by Crippen LogP contribution is 2.44. The van der Waals surface area contributed by atoms with Gasteiger partial charge in [0, 0.05) is 25.7 Å². The second kappa shape index (κ2) is 8.79. The molecule has 0 aliphatic carbocycles. The molecular formula is C21H24BrCl2N4OS+. The minimum atomic E-state index is -0.118. The Bertz CT molecular complexity index is 989. The SMILES string of the molecule is CC1C(C(=O)N[N+]2(C)CCCCC2)=NN(c2ccc(Cl)cc2Cl)[C@@H]1c1cc(Br)cs1. The van der Waals surface area contributed by atoms with Crippen LogP contribution in [0, 0.1) is 5.92 Å². The summed E-state index contributed by atoms with van der Waals surface area (Å²) in [4.78, 5) is 14.4. The Morgan fingerprint density at radius 3 is 2.63 bits per heavy atom. The number of hydrazone groups is 1. The van der Waals surface area contributed by atoms with Crippen LogP contribution in [0.15, 0.2) is 39.2 Å². The molecule has 2 aliphatic rings. The lowest BCUT2D eigenvalue weighted by Crippen LogP contribution is -2.61. The summed E-state index contributed by atoms with van der Waals surface area (Å²) in [6, 6.07) is 7.32. The van der Waals surface area contributed by atoms with Crippen LogP contribution in [0.1, 0.15) is 37.1 Å². The molecule has 30 heavy (non-hydrogen) atoms. The highest BCUT2D eigenvalue weighted by molar-refractivity contribution is 9.10. The number of carbonyl (C=O) groups is 1. The molecular weight excluding hydrogens is 507 g/mol. The number of amides is 1. The van der Waals surface area contributed by atoms with Gasteiger partial charge in [0.1, 0.15) is 18.8 Å². The smallest absolute Gasteiger partial charge is 0.263 e. The van der Waals surface area contributed by atoms with Crippen molar-refractivity contribution in [1.29, 1.82) is 0 Å². The number of hydrogen-bond acceptors (Lipinski definition) is 4. The quantitative estimate of drug-likeness (QED) is 0.490. The Labute approximate surface area is 199 Å². The highest BCUT2D eigenvalue weighted by atomic mass is 79.9. The van der Waals surface area contributed by atoms with E-state index < -0.39 is 0 Å². The first kappa shape index (κ1) is 22.1. The van der Waals surface area contributed by atoms with E-state index in [2.05, 4.69) is 41.4 Å². The lowest BCUT2D eigenvalue weighted by Gasteiger charge is -2.36. The van der Waals surface area contributed by atoms with Crippen molar-refractivity contribution in [1.82, 2.24) is 5.43 Å². The van der Waals surface area contributed by atoms with Crippen LogP contribution in [-0.2, 0) is 4.79 Å². The number of likely N-dealkylation sites (tertiary alicyclic amines) is 1. The van der Waals surface area contributed by atoms with Crippen molar-refractivity contribution < 1.29 is 9.39 Å². The van der Waals surface area contributed by atoms with E-state index in [0.29, 0.717) is 20.3 Å². The zero-order chi connectivity index (χ0) is 21.5. The lowest BCUT2D eigenvalue weighted by molar-refractivity contribution is -0.947. The van der Waals surface area contributed by atoms with Gasteiger partial charge in [0.05, 0.1) is 23.8 Å². The Morgan fingerprint density at radius 1 is 1.27 bits per heavy atom. The maximum Gasteiger partial charge on any atom is 0.312 e. The van der Waals surface area contributed by atoms with Gasteiger partial charge in [0.15, 0.2) is 0 Å². The van der Waals surface area contributed by atoms with E-state index in [1.807, 2.05) is 16.5 Å². The molecule has 0 bridgehead atoms. The summed E-state index contributed by atoms with van der Waals surface area (Å²) in [5.74, 6) is -0.209. The van der Waals surface area contributed by atoms with Gasteiger partial charge in [-0.25, -0.2) is 4.59 Å². The van der Waals surface area contributed by atoms with Gasteiger partial charge in [-0.3, -0.25) is 9.80 Å². The molecule has 5 nitrogen and oxygen atoms in total. The van der Waals surface area contributed by atoms with Crippen molar-refractivity contribution in [3.8, 4) is 0 Å². The zero-order valence-corrected chi connectivity index (χ0v) is 20.8. The van der Waals surface area contributed by atoms with E-state index in [9.17, 15) is 4.79 Å². The van der Waals surface area contributed by atoms with E-state index in [-0.39, 0.29) is 17.9 Å². The van der Waals surface area contributed by atoms with Crippen molar-refractivity contribution >= 4 is 67.8 Å². The Balaban J connectivity index is 1.69. The van der Waals surface area contributed by atoms with Gasteiger partial charge in [0.25, 0.3) is 0 Å². The lowest BCUT2D eigenvalue weighted by atomic mass is 9.95. The Hall–Kier alpha value is -1.12. The third kappa shape index (κ3) is 4.41. The number of carbonyl (C=O) groups excluding carboxylic acids is 1. The largest absolute Gasteiger partial charge is 0.312 e. The number of quaternary nitrogens is 1. The molecule has 3 heterocycles. The van der Waals surface area contributed by atoms with Crippen molar-refractivity contribution in [2.45, 2.75) is 32.2 Å². The first-order chi connectivity index (χ1) is 14.3. The van der Waals surface area contributed by atoms with Crippen LogP contribution in [0.3, 0.4) is 0 Å².